The molecule has 2 aromatic carbocycles. The highest BCUT2D eigenvalue weighted by atomic mass is 16.5. The van der Waals surface area contributed by atoms with Gasteiger partial charge >= 0.3 is 0 Å². The molecule has 1 N–H and O–H groups in total. The van der Waals surface area contributed by atoms with Crippen LogP contribution in [0.3, 0.4) is 0 Å². The van der Waals surface area contributed by atoms with Crippen LogP contribution in [0.15, 0.2) is 48.5 Å². The molecule has 3 fully saturated rings. The third-order valence-electron chi connectivity index (χ3n) is 7.86. The number of nitrogens with zero attached hydrogens (tertiary/aromatic N) is 2. The maximum Gasteiger partial charge on any atom is 0.254 e. The van der Waals surface area contributed by atoms with Gasteiger partial charge in [0, 0.05) is 50.4 Å². The maximum atomic E-state index is 12.6. The highest BCUT2D eigenvalue weighted by molar-refractivity contribution is 5.97. The van der Waals surface area contributed by atoms with Crippen molar-refractivity contribution >= 4 is 11.8 Å². The summed E-state index contributed by atoms with van der Waals surface area (Å²) < 4.78 is 5.31. The molecule has 6 heteroatoms. The Balaban J connectivity index is 1.05. The van der Waals surface area contributed by atoms with Gasteiger partial charge in [-0.25, -0.2) is 0 Å². The summed E-state index contributed by atoms with van der Waals surface area (Å²) in [6.45, 7) is 13.1. The van der Waals surface area contributed by atoms with Crippen molar-refractivity contribution in [2.75, 3.05) is 45.9 Å². The number of likely N-dealkylation sites (tertiary alicyclic amines) is 1. The Morgan fingerprint density at radius 1 is 0.914 bits per heavy atom. The maximum absolute atomic E-state index is 12.6. The first-order valence-corrected chi connectivity index (χ1v) is 12.9. The molecule has 35 heavy (non-hydrogen) atoms. The average molecular weight is 476 g/mol. The van der Waals surface area contributed by atoms with Crippen LogP contribution in [0.5, 0.6) is 0 Å². The van der Waals surface area contributed by atoms with Gasteiger partial charge in [-0.05, 0) is 58.6 Å². The van der Waals surface area contributed by atoms with Crippen molar-refractivity contribution in [1.29, 1.82) is 0 Å². The number of morpholine rings is 1. The van der Waals surface area contributed by atoms with Gasteiger partial charge in [-0.3, -0.25) is 14.5 Å². The lowest BCUT2D eigenvalue weighted by atomic mass is 9.87. The molecule has 2 aliphatic heterocycles. The first kappa shape index (κ1) is 24.0. The van der Waals surface area contributed by atoms with Gasteiger partial charge in [0.25, 0.3) is 11.8 Å². The Morgan fingerprint density at radius 3 is 2.11 bits per heavy atom. The molecule has 5 rings (SSSR count). The van der Waals surface area contributed by atoms with Gasteiger partial charge in [-0.1, -0.05) is 45.0 Å². The number of carbonyl (C=O) groups excluding carboxylic acids is 2. The van der Waals surface area contributed by atoms with E-state index in [9.17, 15) is 9.59 Å². The molecule has 2 saturated heterocycles. The van der Waals surface area contributed by atoms with Crippen molar-refractivity contribution in [3.8, 4) is 0 Å². The minimum atomic E-state index is -0.0591. The zero-order valence-corrected chi connectivity index (χ0v) is 21.1. The van der Waals surface area contributed by atoms with Gasteiger partial charge in [-0.15, -0.1) is 0 Å². The van der Waals surface area contributed by atoms with Crippen LogP contribution < -0.4 is 5.32 Å². The van der Waals surface area contributed by atoms with E-state index in [1.807, 2.05) is 0 Å². The number of hydrogen-bond donors (Lipinski definition) is 1. The van der Waals surface area contributed by atoms with Crippen LogP contribution in [-0.4, -0.2) is 67.6 Å². The summed E-state index contributed by atoms with van der Waals surface area (Å²) in [6, 6.07) is 16.1. The molecule has 1 aliphatic carbocycles. The molecule has 0 radical (unpaired) electrons. The number of carbonyl (C=O) groups is 2. The van der Waals surface area contributed by atoms with Gasteiger partial charge in [0.15, 0.2) is 0 Å². The monoisotopic (exact) mass is 475 g/mol. The highest BCUT2D eigenvalue weighted by Crippen LogP contribution is 2.51. The predicted molar refractivity (Wildman–Crippen MR) is 136 cm³/mol. The van der Waals surface area contributed by atoms with E-state index >= 15 is 0 Å². The normalized spacial score (nSPS) is 24.2. The van der Waals surface area contributed by atoms with E-state index in [2.05, 4.69) is 55.3 Å². The van der Waals surface area contributed by atoms with Crippen LogP contribution in [0.25, 0.3) is 0 Å². The van der Waals surface area contributed by atoms with E-state index in [1.54, 1.807) is 29.2 Å². The molecule has 186 valence electrons. The van der Waals surface area contributed by atoms with E-state index in [4.69, 9.17) is 4.74 Å². The van der Waals surface area contributed by atoms with Crippen molar-refractivity contribution < 1.29 is 14.3 Å². The van der Waals surface area contributed by atoms with Crippen molar-refractivity contribution in [3.05, 3.63) is 70.8 Å². The molecule has 2 atom stereocenters. The standard InChI is InChI=1S/C29H37N3O3/c1-29(2,3)23-10-4-20(5-11-23)17-31-18-25-24(26(25)19-31)16-30-27(33)21-6-8-22(9-7-21)28(34)32-12-14-35-15-13-32/h4-11,24-26H,12-19H2,1-3H3,(H,30,33). The summed E-state index contributed by atoms with van der Waals surface area (Å²) >= 11 is 0. The molecule has 2 unspecified atom stereocenters. The van der Waals surface area contributed by atoms with Gasteiger partial charge in [0.05, 0.1) is 13.2 Å². The zero-order valence-electron chi connectivity index (χ0n) is 21.1. The number of hydrogen-bond acceptors (Lipinski definition) is 4. The summed E-state index contributed by atoms with van der Waals surface area (Å²) in [7, 11) is 0. The Morgan fingerprint density at radius 2 is 1.51 bits per heavy atom. The number of nitrogens with one attached hydrogen (secondary N) is 1. The summed E-state index contributed by atoms with van der Waals surface area (Å²) in [5.74, 6) is 1.91. The highest BCUT2D eigenvalue weighted by Gasteiger charge is 2.55. The minimum absolute atomic E-state index is 0.000707. The third-order valence-corrected chi connectivity index (χ3v) is 7.86. The number of fused-ring (bicyclic) bond motifs is 1. The van der Waals surface area contributed by atoms with Gasteiger partial charge in [-0.2, -0.15) is 0 Å². The second kappa shape index (κ2) is 9.75. The van der Waals surface area contributed by atoms with Crippen molar-refractivity contribution in [3.63, 3.8) is 0 Å². The molecule has 0 spiro atoms. The van der Waals surface area contributed by atoms with E-state index in [0.717, 1.165) is 26.2 Å². The molecule has 0 aromatic heterocycles. The first-order valence-electron chi connectivity index (χ1n) is 12.9. The van der Waals surface area contributed by atoms with Crippen LogP contribution in [-0.2, 0) is 16.7 Å². The second-order valence-corrected chi connectivity index (χ2v) is 11.3. The molecule has 2 aromatic rings. The molecule has 0 bridgehead atoms. The Hall–Kier alpha value is -2.70. The molecular formula is C29H37N3O3. The second-order valence-electron chi connectivity index (χ2n) is 11.3. The molecule has 2 amide bonds. The SMILES string of the molecule is CC(C)(C)c1ccc(CN2CC3C(CNC(=O)c4ccc(C(=O)N5CCOCC5)cc4)C3C2)cc1. The van der Waals surface area contributed by atoms with Crippen LogP contribution in [0, 0.1) is 17.8 Å². The fourth-order valence-electron chi connectivity index (χ4n) is 5.56. The molecule has 1 saturated carbocycles. The lowest BCUT2D eigenvalue weighted by Crippen LogP contribution is -2.40. The average Bonchev–Trinajstić information content (AvgIpc) is 3.32. The van der Waals surface area contributed by atoms with Crippen molar-refractivity contribution in [1.82, 2.24) is 15.1 Å². The van der Waals surface area contributed by atoms with E-state index in [1.165, 1.54) is 11.1 Å². The Labute approximate surface area is 208 Å². The minimum Gasteiger partial charge on any atom is -0.378 e. The van der Waals surface area contributed by atoms with E-state index in [-0.39, 0.29) is 17.2 Å². The molecular weight excluding hydrogens is 438 g/mol. The number of ether oxygens (including phenoxy) is 1. The third kappa shape index (κ3) is 5.44. The number of piperidine rings is 1. The number of rotatable bonds is 6. The number of amides is 2. The Kier molecular flexibility index (Phi) is 6.69. The predicted octanol–water partition coefficient (Wildman–Crippen LogP) is 3.56. The first-order chi connectivity index (χ1) is 16.8. The van der Waals surface area contributed by atoms with E-state index in [0.29, 0.717) is 55.2 Å². The number of benzene rings is 2. The van der Waals surface area contributed by atoms with Crippen molar-refractivity contribution in [2.45, 2.75) is 32.7 Å². The van der Waals surface area contributed by atoms with Crippen molar-refractivity contribution in [2.24, 2.45) is 17.8 Å². The lowest BCUT2D eigenvalue weighted by molar-refractivity contribution is 0.0303. The summed E-state index contributed by atoms with van der Waals surface area (Å²) in [4.78, 5) is 29.6. The fourth-order valence-corrected chi connectivity index (χ4v) is 5.56. The molecule has 3 aliphatic rings. The van der Waals surface area contributed by atoms with Crippen LogP contribution in [0.1, 0.15) is 52.6 Å². The van der Waals surface area contributed by atoms with Gasteiger partial charge in [0.1, 0.15) is 0 Å². The molecule has 2 heterocycles. The van der Waals surface area contributed by atoms with Gasteiger partial charge < -0.3 is 15.0 Å². The lowest BCUT2D eigenvalue weighted by Gasteiger charge is -2.26. The van der Waals surface area contributed by atoms with Crippen LogP contribution in [0.4, 0.5) is 0 Å². The largest absolute Gasteiger partial charge is 0.378 e. The summed E-state index contributed by atoms with van der Waals surface area (Å²) in [5, 5.41) is 3.12. The van der Waals surface area contributed by atoms with E-state index < -0.39 is 0 Å². The topological polar surface area (TPSA) is 61.9 Å². The summed E-state index contributed by atoms with van der Waals surface area (Å²) in [5.41, 5.74) is 4.16. The fraction of sp³-hybridized carbons (Fsp3) is 0.517. The van der Waals surface area contributed by atoms with Crippen LogP contribution >= 0.6 is 0 Å². The zero-order chi connectivity index (χ0) is 24.6. The van der Waals surface area contributed by atoms with Crippen LogP contribution in [0.2, 0.25) is 0 Å². The smallest absolute Gasteiger partial charge is 0.254 e. The molecule has 6 nitrogen and oxygen atoms in total. The van der Waals surface area contributed by atoms with Gasteiger partial charge in [0.2, 0.25) is 0 Å². The Bertz CT molecular complexity index is 1040. The quantitative estimate of drug-likeness (QED) is 0.694. The summed E-state index contributed by atoms with van der Waals surface area (Å²) in [6.07, 6.45) is 0.